The molecule has 9 nitrogen and oxygen atoms in total. The van der Waals surface area contributed by atoms with Gasteiger partial charge < -0.3 is 19.8 Å². The van der Waals surface area contributed by atoms with Crippen LogP contribution in [0.1, 0.15) is 55.1 Å². The SMILES string of the molecule is CCCCCC[C@H](CN(C=O)OCc1ccccc1)C(=O)NCNC(=O)c1ccc(-c2cccc(OC)c2)o1. The zero-order valence-corrected chi connectivity index (χ0v) is 22.6. The van der Waals surface area contributed by atoms with Crippen molar-refractivity contribution in [1.29, 1.82) is 0 Å². The second-order valence-electron chi connectivity index (χ2n) is 9.13. The van der Waals surface area contributed by atoms with Crippen LogP contribution in [0.2, 0.25) is 0 Å². The van der Waals surface area contributed by atoms with E-state index in [1.54, 1.807) is 19.2 Å². The molecule has 1 atom stereocenters. The van der Waals surface area contributed by atoms with Crippen LogP contribution in [-0.4, -0.2) is 43.6 Å². The first-order valence-electron chi connectivity index (χ1n) is 13.2. The fourth-order valence-corrected chi connectivity index (χ4v) is 4.03. The molecule has 0 radical (unpaired) electrons. The van der Waals surface area contributed by atoms with Crippen LogP contribution < -0.4 is 15.4 Å². The van der Waals surface area contributed by atoms with E-state index in [-0.39, 0.29) is 31.5 Å². The van der Waals surface area contributed by atoms with Gasteiger partial charge in [-0.1, -0.05) is 75.1 Å². The van der Waals surface area contributed by atoms with Crippen LogP contribution in [0.5, 0.6) is 5.75 Å². The van der Waals surface area contributed by atoms with Crippen molar-refractivity contribution >= 4 is 18.2 Å². The van der Waals surface area contributed by atoms with Crippen LogP contribution in [0.4, 0.5) is 0 Å². The lowest BCUT2D eigenvalue weighted by molar-refractivity contribution is -0.182. The number of hydrogen-bond donors (Lipinski definition) is 2. The van der Waals surface area contributed by atoms with E-state index < -0.39 is 11.8 Å². The molecule has 39 heavy (non-hydrogen) atoms. The lowest BCUT2D eigenvalue weighted by Gasteiger charge is -2.23. The number of hydroxylamine groups is 2. The van der Waals surface area contributed by atoms with E-state index in [9.17, 15) is 14.4 Å². The summed E-state index contributed by atoms with van der Waals surface area (Å²) in [6.45, 7) is 2.38. The van der Waals surface area contributed by atoms with Crippen molar-refractivity contribution in [2.45, 2.75) is 45.6 Å². The molecule has 1 heterocycles. The maximum absolute atomic E-state index is 13.0. The molecule has 3 amide bonds. The van der Waals surface area contributed by atoms with Crippen molar-refractivity contribution in [2.75, 3.05) is 20.3 Å². The molecule has 0 aliphatic carbocycles. The summed E-state index contributed by atoms with van der Waals surface area (Å²) >= 11 is 0. The first-order valence-corrected chi connectivity index (χ1v) is 13.2. The number of rotatable bonds is 17. The summed E-state index contributed by atoms with van der Waals surface area (Å²) in [4.78, 5) is 42.9. The number of hydrogen-bond acceptors (Lipinski definition) is 6. The number of nitrogens with zero attached hydrogens (tertiary/aromatic N) is 1. The van der Waals surface area contributed by atoms with Gasteiger partial charge in [-0.3, -0.25) is 19.2 Å². The van der Waals surface area contributed by atoms with Gasteiger partial charge in [0.2, 0.25) is 12.3 Å². The molecule has 3 rings (SSSR count). The van der Waals surface area contributed by atoms with Crippen molar-refractivity contribution in [1.82, 2.24) is 15.7 Å². The van der Waals surface area contributed by atoms with Gasteiger partial charge in [-0.2, -0.15) is 0 Å². The highest BCUT2D eigenvalue weighted by atomic mass is 16.7. The van der Waals surface area contributed by atoms with Crippen LogP contribution in [0.3, 0.4) is 0 Å². The molecule has 2 N–H and O–H groups in total. The molecule has 3 aromatic rings. The van der Waals surface area contributed by atoms with Crippen molar-refractivity contribution in [3.63, 3.8) is 0 Å². The number of ether oxygens (including phenoxy) is 1. The van der Waals surface area contributed by atoms with E-state index in [0.29, 0.717) is 24.3 Å². The second-order valence-corrected chi connectivity index (χ2v) is 9.13. The van der Waals surface area contributed by atoms with Crippen molar-refractivity contribution in [2.24, 2.45) is 5.92 Å². The average molecular weight is 536 g/mol. The lowest BCUT2D eigenvalue weighted by Crippen LogP contribution is -2.43. The Morgan fingerprint density at radius 3 is 2.56 bits per heavy atom. The summed E-state index contributed by atoms with van der Waals surface area (Å²) in [6, 6.07) is 20.1. The van der Waals surface area contributed by atoms with Gasteiger partial charge in [0, 0.05) is 5.56 Å². The zero-order chi connectivity index (χ0) is 27.9. The Hall–Kier alpha value is -4.11. The quantitative estimate of drug-likeness (QED) is 0.110. The number of furan rings is 1. The third-order valence-electron chi connectivity index (χ3n) is 6.23. The molecule has 0 saturated heterocycles. The lowest BCUT2D eigenvalue weighted by atomic mass is 9.99. The average Bonchev–Trinajstić information content (AvgIpc) is 3.47. The summed E-state index contributed by atoms with van der Waals surface area (Å²) in [5.74, 6) is 0.130. The summed E-state index contributed by atoms with van der Waals surface area (Å²) in [6.07, 6.45) is 5.19. The topological polar surface area (TPSA) is 110 Å². The second kappa shape index (κ2) is 16.0. The number of nitrogens with one attached hydrogen (secondary N) is 2. The summed E-state index contributed by atoms with van der Waals surface area (Å²) in [5.41, 5.74) is 1.70. The van der Waals surface area contributed by atoms with Gasteiger partial charge in [0.25, 0.3) is 5.91 Å². The number of carbonyl (C=O) groups is 3. The standard InChI is InChI=1S/C30H37N3O6/c1-3-4-5-9-13-25(19-33(22-34)38-20-23-11-7-6-8-12-23)29(35)31-21-32-30(36)28-17-16-27(39-28)24-14-10-15-26(18-24)37-2/h6-8,10-12,14-18,22,25H,3-5,9,13,19-21H2,1-2H3,(H,31,35)(H,32,36)/t25-/m1/s1. The van der Waals surface area contributed by atoms with Crippen LogP contribution in [0.25, 0.3) is 11.3 Å². The molecule has 0 saturated carbocycles. The number of carbonyl (C=O) groups excluding carboxylic acids is 3. The van der Waals surface area contributed by atoms with Crippen molar-refractivity contribution in [3.05, 3.63) is 78.1 Å². The summed E-state index contributed by atoms with van der Waals surface area (Å²) in [7, 11) is 1.58. The van der Waals surface area contributed by atoms with Crippen molar-refractivity contribution in [3.8, 4) is 17.1 Å². The van der Waals surface area contributed by atoms with Crippen LogP contribution in [0, 0.1) is 5.92 Å². The van der Waals surface area contributed by atoms with E-state index in [4.69, 9.17) is 14.0 Å². The van der Waals surface area contributed by atoms with E-state index >= 15 is 0 Å². The molecule has 0 unspecified atom stereocenters. The third kappa shape index (κ3) is 9.61. The van der Waals surface area contributed by atoms with E-state index in [1.807, 2.05) is 54.6 Å². The normalized spacial score (nSPS) is 11.4. The highest BCUT2D eigenvalue weighted by Crippen LogP contribution is 2.25. The van der Waals surface area contributed by atoms with Gasteiger partial charge in [0.05, 0.1) is 26.2 Å². The van der Waals surface area contributed by atoms with Crippen molar-refractivity contribution < 1.29 is 28.4 Å². The predicted octanol–water partition coefficient (Wildman–Crippen LogP) is 4.94. The minimum absolute atomic E-state index is 0.0791. The van der Waals surface area contributed by atoms with Gasteiger partial charge in [-0.15, -0.1) is 0 Å². The molecular formula is C30H37N3O6. The zero-order valence-electron chi connectivity index (χ0n) is 22.6. The van der Waals surface area contributed by atoms with Gasteiger partial charge in [0.1, 0.15) is 18.1 Å². The number of unbranched alkanes of at least 4 members (excludes halogenated alkanes) is 3. The fourth-order valence-electron chi connectivity index (χ4n) is 4.03. The fraction of sp³-hybridized carbons (Fsp3) is 0.367. The Bertz CT molecular complexity index is 1180. The van der Waals surface area contributed by atoms with Gasteiger partial charge in [-0.25, -0.2) is 5.06 Å². The molecule has 208 valence electrons. The smallest absolute Gasteiger partial charge is 0.288 e. The molecule has 1 aromatic heterocycles. The first-order chi connectivity index (χ1) is 19.0. The maximum Gasteiger partial charge on any atom is 0.288 e. The van der Waals surface area contributed by atoms with Gasteiger partial charge >= 0.3 is 0 Å². The highest BCUT2D eigenvalue weighted by Gasteiger charge is 2.22. The molecule has 9 heteroatoms. The Morgan fingerprint density at radius 1 is 1.00 bits per heavy atom. The molecule has 2 aromatic carbocycles. The molecule has 0 spiro atoms. The maximum atomic E-state index is 13.0. The largest absolute Gasteiger partial charge is 0.497 e. The minimum atomic E-state index is -0.483. The number of methoxy groups -OCH3 is 1. The Kier molecular flexibility index (Phi) is 12.1. The third-order valence-corrected chi connectivity index (χ3v) is 6.23. The van der Waals surface area contributed by atoms with Crippen LogP contribution in [-0.2, 0) is 21.0 Å². The number of amides is 3. The molecule has 0 bridgehead atoms. The van der Waals surface area contributed by atoms with Crippen LogP contribution in [0.15, 0.2) is 71.1 Å². The van der Waals surface area contributed by atoms with E-state index in [0.717, 1.165) is 36.8 Å². The number of benzene rings is 2. The summed E-state index contributed by atoms with van der Waals surface area (Å²) in [5, 5.41) is 6.58. The first kappa shape index (κ1) is 29.4. The van der Waals surface area contributed by atoms with Gasteiger partial charge in [0.15, 0.2) is 5.76 Å². The molecule has 0 aliphatic rings. The summed E-state index contributed by atoms with van der Waals surface area (Å²) < 4.78 is 10.9. The predicted molar refractivity (Wildman–Crippen MR) is 147 cm³/mol. The highest BCUT2D eigenvalue weighted by molar-refractivity contribution is 5.92. The van der Waals surface area contributed by atoms with E-state index in [1.165, 1.54) is 5.06 Å². The van der Waals surface area contributed by atoms with E-state index in [2.05, 4.69) is 17.6 Å². The monoisotopic (exact) mass is 535 g/mol. The Labute approximate surface area is 229 Å². The van der Waals surface area contributed by atoms with Gasteiger partial charge in [-0.05, 0) is 36.2 Å². The molecule has 0 fully saturated rings. The molecular weight excluding hydrogens is 498 g/mol. The Balaban J connectivity index is 1.53. The Morgan fingerprint density at radius 2 is 1.82 bits per heavy atom. The van der Waals surface area contributed by atoms with Crippen LogP contribution >= 0.6 is 0 Å². The minimum Gasteiger partial charge on any atom is -0.497 e. The molecule has 0 aliphatic heterocycles.